The zero-order valence-electron chi connectivity index (χ0n) is 16.2. The number of fused-ring (bicyclic) bond motifs is 2. The van der Waals surface area contributed by atoms with Gasteiger partial charge in [-0.15, -0.1) is 0 Å². The lowest BCUT2D eigenvalue weighted by Gasteiger charge is -2.38. The minimum atomic E-state index is -0.0613. The molecule has 0 aromatic carbocycles. The van der Waals surface area contributed by atoms with Crippen LogP contribution in [0.1, 0.15) is 79.1 Å². The summed E-state index contributed by atoms with van der Waals surface area (Å²) in [4.78, 5) is 0. The molecule has 24 heavy (non-hydrogen) atoms. The van der Waals surface area contributed by atoms with Gasteiger partial charge in [-0.2, -0.15) is 0 Å². The summed E-state index contributed by atoms with van der Waals surface area (Å²) in [7, 11) is 0. The van der Waals surface area contributed by atoms with Gasteiger partial charge in [-0.05, 0) is 54.9 Å². The lowest BCUT2D eigenvalue weighted by atomic mass is 9.70. The highest BCUT2D eigenvalue weighted by Gasteiger charge is 2.58. The maximum atomic E-state index is 10.0. The molecule has 0 radical (unpaired) electrons. The number of aliphatic hydroxyl groups excluding tert-OH is 2. The lowest BCUT2D eigenvalue weighted by molar-refractivity contribution is -0.0340. The second-order valence-electron chi connectivity index (χ2n) is 8.32. The first-order valence-corrected chi connectivity index (χ1v) is 9.69. The van der Waals surface area contributed by atoms with E-state index in [1.165, 1.54) is 44.9 Å². The quantitative estimate of drug-likeness (QED) is 0.324. The fraction of sp³-hybridized carbons (Fsp3) is 0.727. The third-order valence-corrected chi connectivity index (χ3v) is 5.97. The Bertz CT molecular complexity index is 428. The van der Waals surface area contributed by atoms with Crippen molar-refractivity contribution in [3.63, 3.8) is 0 Å². The van der Waals surface area contributed by atoms with Crippen LogP contribution in [0.25, 0.3) is 0 Å². The molecule has 2 rings (SSSR count). The van der Waals surface area contributed by atoms with Crippen molar-refractivity contribution >= 4 is 0 Å². The molecule has 138 valence electrons. The highest BCUT2D eigenvalue weighted by molar-refractivity contribution is 5.09. The van der Waals surface area contributed by atoms with Crippen molar-refractivity contribution in [3.8, 4) is 0 Å². The standard InChI is InChI=1S/C12H20O.C10H18O/c1-2-3-4-5-6-7-8-9-10-11-12-13;1-9(2)7-4-5-10(3,6-7)8(9)11/h7-13H,2-6H2,1H3;7-8,11H,4-6H2,1-3H3/b8-7+,10-9+,12-11+;/t;7-,8-,10+/m.0/s1. The van der Waals surface area contributed by atoms with E-state index in [2.05, 4.69) is 33.8 Å². The number of hydrogen-bond acceptors (Lipinski definition) is 2. The third-order valence-electron chi connectivity index (χ3n) is 5.97. The van der Waals surface area contributed by atoms with Gasteiger partial charge in [0.15, 0.2) is 0 Å². The zero-order chi connectivity index (χ0) is 18.1. The SMILES string of the molecule is CC1(C)[C@H]2CC[C@](C)(C2)[C@H]1O.CCCCCC/C=C/C=C/C=C/O. The maximum Gasteiger partial charge on any atom is 0.0791 e. The summed E-state index contributed by atoms with van der Waals surface area (Å²) >= 11 is 0. The van der Waals surface area contributed by atoms with E-state index in [1.807, 2.05) is 18.2 Å². The molecule has 2 heteroatoms. The summed E-state index contributed by atoms with van der Waals surface area (Å²) in [5, 5.41) is 18.3. The summed E-state index contributed by atoms with van der Waals surface area (Å²) in [6.45, 7) is 8.89. The fourth-order valence-corrected chi connectivity index (χ4v) is 4.32. The van der Waals surface area contributed by atoms with Gasteiger partial charge in [0.2, 0.25) is 0 Å². The van der Waals surface area contributed by atoms with Crippen LogP contribution >= 0.6 is 0 Å². The van der Waals surface area contributed by atoms with Crippen LogP contribution in [-0.2, 0) is 0 Å². The summed E-state index contributed by atoms with van der Waals surface area (Å²) < 4.78 is 0. The van der Waals surface area contributed by atoms with Crippen LogP contribution < -0.4 is 0 Å². The van der Waals surface area contributed by atoms with Gasteiger partial charge in [0.05, 0.1) is 12.4 Å². The van der Waals surface area contributed by atoms with Gasteiger partial charge in [-0.25, -0.2) is 0 Å². The molecule has 0 aliphatic heterocycles. The van der Waals surface area contributed by atoms with E-state index in [1.54, 1.807) is 6.08 Å². The minimum absolute atomic E-state index is 0.0613. The average Bonchev–Trinajstić information content (AvgIpc) is 3.03. The molecule has 2 nitrogen and oxygen atoms in total. The van der Waals surface area contributed by atoms with Gasteiger partial charge in [-0.3, -0.25) is 0 Å². The van der Waals surface area contributed by atoms with Crippen molar-refractivity contribution in [2.75, 3.05) is 0 Å². The Labute approximate surface area is 149 Å². The molecular weight excluding hydrogens is 296 g/mol. The predicted octanol–water partition coefficient (Wildman–Crippen LogP) is 6.33. The van der Waals surface area contributed by atoms with Crippen molar-refractivity contribution in [2.45, 2.75) is 85.2 Å². The summed E-state index contributed by atoms with van der Waals surface area (Å²) in [5.74, 6) is 0.780. The molecule has 3 atom stereocenters. The van der Waals surface area contributed by atoms with Crippen LogP contribution in [0.3, 0.4) is 0 Å². The van der Waals surface area contributed by atoms with Gasteiger partial charge in [0, 0.05) is 0 Å². The first kappa shape index (κ1) is 21.0. The van der Waals surface area contributed by atoms with Crippen LogP contribution in [-0.4, -0.2) is 16.3 Å². The van der Waals surface area contributed by atoms with Crippen molar-refractivity contribution in [1.82, 2.24) is 0 Å². The number of unbranched alkanes of at least 4 members (excludes halogenated alkanes) is 4. The van der Waals surface area contributed by atoms with Crippen LogP contribution in [0, 0.1) is 16.7 Å². The largest absolute Gasteiger partial charge is 0.516 e. The number of allylic oxidation sites excluding steroid dienone is 5. The van der Waals surface area contributed by atoms with Crippen LogP contribution in [0.15, 0.2) is 36.6 Å². The van der Waals surface area contributed by atoms with E-state index in [9.17, 15) is 5.11 Å². The maximum absolute atomic E-state index is 10.0. The number of rotatable bonds is 7. The highest BCUT2D eigenvalue weighted by atomic mass is 16.3. The van der Waals surface area contributed by atoms with Crippen molar-refractivity contribution in [1.29, 1.82) is 0 Å². The lowest BCUT2D eigenvalue weighted by Crippen LogP contribution is -2.39. The van der Waals surface area contributed by atoms with Crippen molar-refractivity contribution in [2.24, 2.45) is 16.7 Å². The van der Waals surface area contributed by atoms with Gasteiger partial charge < -0.3 is 10.2 Å². The molecule has 0 heterocycles. The van der Waals surface area contributed by atoms with E-state index in [-0.39, 0.29) is 16.9 Å². The molecule has 0 unspecified atom stereocenters. The van der Waals surface area contributed by atoms with E-state index >= 15 is 0 Å². The monoisotopic (exact) mass is 334 g/mol. The van der Waals surface area contributed by atoms with E-state index in [4.69, 9.17) is 5.11 Å². The Morgan fingerprint density at radius 2 is 1.71 bits per heavy atom. The molecule has 0 aromatic heterocycles. The Balaban J connectivity index is 0.000000242. The van der Waals surface area contributed by atoms with Gasteiger partial charge in [0.1, 0.15) is 0 Å². The molecule has 0 aromatic rings. The molecule has 0 saturated heterocycles. The van der Waals surface area contributed by atoms with Gasteiger partial charge >= 0.3 is 0 Å². The molecular formula is C22H38O2. The van der Waals surface area contributed by atoms with Crippen LogP contribution in [0.5, 0.6) is 0 Å². The molecule has 2 aliphatic carbocycles. The van der Waals surface area contributed by atoms with E-state index in [0.29, 0.717) is 0 Å². The van der Waals surface area contributed by atoms with Crippen LogP contribution in [0.2, 0.25) is 0 Å². The molecule has 2 saturated carbocycles. The van der Waals surface area contributed by atoms with E-state index in [0.717, 1.165) is 18.6 Å². The van der Waals surface area contributed by atoms with Gasteiger partial charge in [0.25, 0.3) is 0 Å². The van der Waals surface area contributed by atoms with Crippen molar-refractivity contribution in [3.05, 3.63) is 36.6 Å². The predicted molar refractivity (Wildman–Crippen MR) is 104 cm³/mol. The molecule has 2 aliphatic rings. The van der Waals surface area contributed by atoms with Crippen molar-refractivity contribution < 1.29 is 10.2 Å². The second-order valence-corrected chi connectivity index (χ2v) is 8.32. The molecule has 0 amide bonds. The average molecular weight is 335 g/mol. The smallest absolute Gasteiger partial charge is 0.0791 e. The normalized spacial score (nSPS) is 31.2. The summed E-state index contributed by atoms with van der Waals surface area (Å²) in [6.07, 6.45) is 20.7. The van der Waals surface area contributed by atoms with E-state index < -0.39 is 0 Å². The molecule has 0 spiro atoms. The number of aliphatic hydroxyl groups is 2. The Morgan fingerprint density at radius 1 is 1.00 bits per heavy atom. The first-order chi connectivity index (χ1) is 11.4. The topological polar surface area (TPSA) is 40.5 Å². The Kier molecular flexibility index (Phi) is 8.83. The third kappa shape index (κ3) is 5.81. The fourth-order valence-electron chi connectivity index (χ4n) is 4.32. The molecule has 2 fully saturated rings. The highest BCUT2D eigenvalue weighted by Crippen LogP contribution is 2.62. The first-order valence-electron chi connectivity index (χ1n) is 9.69. The Morgan fingerprint density at radius 3 is 2.21 bits per heavy atom. The van der Waals surface area contributed by atoms with Gasteiger partial charge in [-0.1, -0.05) is 71.3 Å². The zero-order valence-corrected chi connectivity index (χ0v) is 16.2. The van der Waals surface area contributed by atoms with Crippen LogP contribution in [0.4, 0.5) is 0 Å². The molecule has 2 N–H and O–H groups in total. The Hall–Kier alpha value is -1.02. The summed E-state index contributed by atoms with van der Waals surface area (Å²) in [5.41, 5.74) is 0.446. The second kappa shape index (κ2) is 10.1. The minimum Gasteiger partial charge on any atom is -0.516 e. The number of hydrogen-bond donors (Lipinski definition) is 2. The summed E-state index contributed by atoms with van der Waals surface area (Å²) in [6, 6.07) is 0. The molecule has 2 bridgehead atoms.